The van der Waals surface area contributed by atoms with Crippen LogP contribution in [0.3, 0.4) is 0 Å². The van der Waals surface area contributed by atoms with E-state index in [2.05, 4.69) is 10.6 Å². The standard InChI is InChI=1S/C18H18ClF3O5S/c1-28(2,26)14-7-6-10(16(19)11(14)8-27-9-18(20,21)22)17(25)15-12(23)4-3-5-13(15)24/h6-7,15H,1,3-5,8-9H2,2H3. The summed E-state index contributed by atoms with van der Waals surface area (Å²) in [5, 5.41) is -0.297. The molecule has 5 nitrogen and oxygen atoms in total. The van der Waals surface area contributed by atoms with E-state index in [1.807, 2.05) is 0 Å². The Kier molecular flexibility index (Phi) is 6.73. The highest BCUT2D eigenvalue weighted by Crippen LogP contribution is 2.32. The SMILES string of the molecule is C=S(C)(=O)c1ccc(C(=O)C2C(=O)CCCC2=O)c(Cl)c1COCC(F)(F)F. The van der Waals surface area contributed by atoms with E-state index in [9.17, 15) is 31.8 Å². The lowest BCUT2D eigenvalue weighted by atomic mass is 9.81. The lowest BCUT2D eigenvalue weighted by Gasteiger charge is -2.21. The summed E-state index contributed by atoms with van der Waals surface area (Å²) in [6.45, 7) is -2.23. The zero-order chi connectivity index (χ0) is 21.3. The van der Waals surface area contributed by atoms with Crippen LogP contribution in [-0.4, -0.2) is 46.5 Å². The molecular formula is C18H18ClF3O5S. The average molecular weight is 439 g/mol. The van der Waals surface area contributed by atoms with Crippen molar-refractivity contribution in [2.24, 2.45) is 5.92 Å². The molecule has 1 aliphatic carbocycles. The van der Waals surface area contributed by atoms with Gasteiger partial charge < -0.3 is 4.74 Å². The van der Waals surface area contributed by atoms with Gasteiger partial charge in [0.05, 0.1) is 11.6 Å². The van der Waals surface area contributed by atoms with Crippen LogP contribution >= 0.6 is 11.6 Å². The molecule has 10 heteroatoms. The fourth-order valence-electron chi connectivity index (χ4n) is 2.95. The number of hydrogen-bond acceptors (Lipinski definition) is 5. The normalized spacial score (nSPS) is 18.2. The zero-order valence-electron chi connectivity index (χ0n) is 14.9. The van der Waals surface area contributed by atoms with Crippen LogP contribution in [0.1, 0.15) is 35.2 Å². The molecule has 0 saturated heterocycles. The summed E-state index contributed by atoms with van der Waals surface area (Å²) in [4.78, 5) is 36.9. The lowest BCUT2D eigenvalue weighted by Crippen LogP contribution is -2.35. The van der Waals surface area contributed by atoms with Gasteiger partial charge in [-0.05, 0) is 33.9 Å². The molecule has 0 radical (unpaired) electrons. The molecule has 1 unspecified atom stereocenters. The number of benzene rings is 1. The molecule has 154 valence electrons. The Labute approximate surface area is 165 Å². The Morgan fingerprint density at radius 3 is 2.36 bits per heavy atom. The molecule has 1 aromatic carbocycles. The smallest absolute Gasteiger partial charge is 0.367 e. The first-order chi connectivity index (χ1) is 12.8. The maximum absolute atomic E-state index is 12.8. The van der Waals surface area contributed by atoms with Crippen LogP contribution in [-0.2, 0) is 30.5 Å². The van der Waals surface area contributed by atoms with Crippen molar-refractivity contribution >= 4 is 44.3 Å². The van der Waals surface area contributed by atoms with Crippen molar-refractivity contribution in [2.75, 3.05) is 12.9 Å². The van der Waals surface area contributed by atoms with Gasteiger partial charge in [0.1, 0.15) is 12.5 Å². The molecule has 2 rings (SSSR count). The van der Waals surface area contributed by atoms with Crippen LogP contribution < -0.4 is 0 Å². The Balaban J connectivity index is 2.46. The molecule has 1 atom stereocenters. The number of hydrogen-bond donors (Lipinski definition) is 0. The van der Waals surface area contributed by atoms with Crippen molar-refractivity contribution in [2.45, 2.75) is 36.9 Å². The van der Waals surface area contributed by atoms with Gasteiger partial charge in [0.2, 0.25) is 0 Å². The maximum atomic E-state index is 12.8. The molecule has 1 aromatic rings. The van der Waals surface area contributed by atoms with Crippen LogP contribution in [0.2, 0.25) is 5.02 Å². The minimum atomic E-state index is -4.58. The molecular weight excluding hydrogens is 421 g/mol. The number of rotatable bonds is 6. The van der Waals surface area contributed by atoms with Gasteiger partial charge >= 0.3 is 6.18 Å². The third-order valence-electron chi connectivity index (χ3n) is 4.20. The number of alkyl halides is 3. The number of carbonyl (C=O) groups is 3. The largest absolute Gasteiger partial charge is 0.411 e. The molecule has 0 N–H and O–H groups in total. The van der Waals surface area contributed by atoms with E-state index in [-0.39, 0.29) is 33.9 Å². The number of ketones is 3. The zero-order valence-corrected chi connectivity index (χ0v) is 16.5. The van der Waals surface area contributed by atoms with Crippen molar-refractivity contribution in [3.63, 3.8) is 0 Å². The van der Waals surface area contributed by atoms with Crippen molar-refractivity contribution in [3.8, 4) is 0 Å². The highest BCUT2D eigenvalue weighted by atomic mass is 35.5. The van der Waals surface area contributed by atoms with Crippen molar-refractivity contribution in [1.29, 1.82) is 0 Å². The topological polar surface area (TPSA) is 77.5 Å². The van der Waals surface area contributed by atoms with Gasteiger partial charge in [0.15, 0.2) is 17.3 Å². The van der Waals surface area contributed by atoms with Gasteiger partial charge in [0, 0.05) is 35.1 Å². The van der Waals surface area contributed by atoms with Crippen LogP contribution in [0.15, 0.2) is 17.0 Å². The highest BCUT2D eigenvalue weighted by molar-refractivity contribution is 7.99. The first-order valence-corrected chi connectivity index (χ1v) is 10.7. The van der Waals surface area contributed by atoms with Crippen LogP contribution in [0.4, 0.5) is 13.2 Å². The molecule has 1 aliphatic rings. The van der Waals surface area contributed by atoms with Crippen molar-refractivity contribution in [1.82, 2.24) is 0 Å². The number of halogens is 4. The molecule has 0 heterocycles. The third kappa shape index (κ3) is 5.21. The Morgan fingerprint density at radius 2 is 1.86 bits per heavy atom. The van der Waals surface area contributed by atoms with E-state index >= 15 is 0 Å². The summed E-state index contributed by atoms with van der Waals surface area (Å²) in [6, 6.07) is 2.45. The van der Waals surface area contributed by atoms with Crippen molar-refractivity contribution in [3.05, 3.63) is 28.3 Å². The van der Waals surface area contributed by atoms with Gasteiger partial charge in [-0.1, -0.05) is 11.6 Å². The second-order valence-corrected chi connectivity index (χ2v) is 9.43. The van der Waals surface area contributed by atoms with Crippen molar-refractivity contribution < 1.29 is 36.5 Å². The minimum absolute atomic E-state index is 0.0394. The lowest BCUT2D eigenvalue weighted by molar-refractivity contribution is -0.176. The van der Waals surface area contributed by atoms with Gasteiger partial charge in [-0.2, -0.15) is 13.2 Å². The second-order valence-electron chi connectivity index (χ2n) is 6.60. The summed E-state index contributed by atoms with van der Waals surface area (Å²) in [7, 11) is -2.90. The minimum Gasteiger partial charge on any atom is -0.367 e. The summed E-state index contributed by atoms with van der Waals surface area (Å²) < 4.78 is 54.1. The molecule has 0 aromatic heterocycles. The molecule has 0 aliphatic heterocycles. The van der Waals surface area contributed by atoms with Gasteiger partial charge in [0.25, 0.3) is 0 Å². The predicted molar refractivity (Wildman–Crippen MR) is 98.3 cm³/mol. The number of Topliss-reactive ketones (excluding diaryl/α,β-unsaturated/α-hetero) is 3. The highest BCUT2D eigenvalue weighted by Gasteiger charge is 2.38. The van der Waals surface area contributed by atoms with E-state index < -0.39 is 52.2 Å². The third-order valence-corrected chi connectivity index (χ3v) is 5.94. The summed E-state index contributed by atoms with van der Waals surface area (Å²) >= 11 is 6.22. The molecule has 1 saturated carbocycles. The van der Waals surface area contributed by atoms with Gasteiger partial charge in [-0.25, -0.2) is 0 Å². The van der Waals surface area contributed by atoms with Crippen LogP contribution in [0.5, 0.6) is 0 Å². The van der Waals surface area contributed by atoms with E-state index in [0.29, 0.717) is 6.42 Å². The van der Waals surface area contributed by atoms with E-state index in [4.69, 9.17) is 11.6 Å². The van der Waals surface area contributed by atoms with Gasteiger partial charge in [-0.15, -0.1) is 0 Å². The van der Waals surface area contributed by atoms with E-state index in [1.54, 1.807) is 0 Å². The quantitative estimate of drug-likeness (QED) is 0.387. The molecule has 1 fully saturated rings. The maximum Gasteiger partial charge on any atom is 0.411 e. The number of carbonyl (C=O) groups excluding carboxylic acids is 3. The monoisotopic (exact) mass is 438 g/mol. The van der Waals surface area contributed by atoms with Crippen LogP contribution in [0, 0.1) is 5.92 Å². The fourth-order valence-corrected chi connectivity index (χ4v) is 4.36. The van der Waals surface area contributed by atoms with E-state index in [1.165, 1.54) is 18.4 Å². The summed E-state index contributed by atoms with van der Waals surface area (Å²) in [5.74, 6) is 0.141. The second kappa shape index (κ2) is 8.34. The summed E-state index contributed by atoms with van der Waals surface area (Å²) in [6.07, 6.45) is -2.78. The molecule has 0 amide bonds. The first-order valence-electron chi connectivity index (χ1n) is 8.20. The van der Waals surface area contributed by atoms with E-state index in [0.717, 1.165) is 0 Å². The fraction of sp³-hybridized carbons (Fsp3) is 0.444. The Hall–Kier alpha value is -1.71. The Bertz CT molecular complexity index is 906. The molecule has 28 heavy (non-hydrogen) atoms. The summed E-state index contributed by atoms with van der Waals surface area (Å²) in [5.41, 5.74) is -0.289. The molecule has 0 spiro atoms. The van der Waals surface area contributed by atoms with Crippen LogP contribution in [0.25, 0.3) is 0 Å². The first kappa shape index (κ1) is 22.6. The molecule has 0 bridgehead atoms. The average Bonchev–Trinajstić information content (AvgIpc) is 2.53. The van der Waals surface area contributed by atoms with Gasteiger partial charge in [-0.3, -0.25) is 18.6 Å². The predicted octanol–water partition coefficient (Wildman–Crippen LogP) is 3.25. The number of ether oxygens (including phenoxy) is 1. The Morgan fingerprint density at radius 1 is 1.29 bits per heavy atom.